The molecule has 0 aliphatic heterocycles. The van der Waals surface area contributed by atoms with Crippen molar-refractivity contribution in [3.8, 4) is 6.07 Å². The Morgan fingerprint density at radius 2 is 1.76 bits per heavy atom. The molecule has 6 heteroatoms. The van der Waals surface area contributed by atoms with Gasteiger partial charge < -0.3 is 0 Å². The molecule has 0 amide bonds. The van der Waals surface area contributed by atoms with Crippen molar-refractivity contribution < 1.29 is 4.79 Å². The number of nitrogens with zero attached hydrogens (tertiary/aromatic N) is 2. The summed E-state index contributed by atoms with van der Waals surface area (Å²) in [5.41, 5.74) is 3.19. The van der Waals surface area contributed by atoms with E-state index >= 15 is 0 Å². The van der Waals surface area contributed by atoms with Crippen LogP contribution in [0.3, 0.4) is 0 Å². The minimum atomic E-state index is -0.492. The quantitative estimate of drug-likeness (QED) is 0.523. The molecule has 1 N–H and O–H groups in total. The lowest BCUT2D eigenvalue weighted by atomic mass is 10.1. The van der Waals surface area contributed by atoms with Gasteiger partial charge in [0, 0.05) is 10.6 Å². The molecule has 0 aromatic heterocycles. The highest BCUT2D eigenvalue weighted by atomic mass is 35.5. The van der Waals surface area contributed by atoms with E-state index < -0.39 is 5.78 Å². The van der Waals surface area contributed by atoms with Gasteiger partial charge in [0.25, 0.3) is 0 Å². The summed E-state index contributed by atoms with van der Waals surface area (Å²) in [6.45, 7) is 0. The molecule has 0 saturated carbocycles. The Kier molecular flexibility index (Phi) is 4.94. The third-order valence-electron chi connectivity index (χ3n) is 2.59. The van der Waals surface area contributed by atoms with Crippen molar-refractivity contribution in [3.63, 3.8) is 0 Å². The van der Waals surface area contributed by atoms with Crippen molar-refractivity contribution in [1.82, 2.24) is 0 Å². The van der Waals surface area contributed by atoms with Gasteiger partial charge >= 0.3 is 0 Å². The average Bonchev–Trinajstić information content (AvgIpc) is 2.50. The van der Waals surface area contributed by atoms with E-state index in [2.05, 4.69) is 10.5 Å². The maximum Gasteiger partial charge on any atom is 0.223 e. The van der Waals surface area contributed by atoms with Crippen molar-refractivity contribution >= 4 is 40.4 Å². The number of anilines is 1. The number of hydrazone groups is 1. The van der Waals surface area contributed by atoms with Gasteiger partial charge in [-0.1, -0.05) is 35.3 Å². The third kappa shape index (κ3) is 3.82. The Hall–Kier alpha value is -2.35. The molecule has 0 heterocycles. The van der Waals surface area contributed by atoms with Crippen molar-refractivity contribution in [2.24, 2.45) is 5.10 Å². The number of carbonyl (C=O) groups is 1. The molecule has 0 aliphatic rings. The molecule has 4 nitrogen and oxygen atoms in total. The van der Waals surface area contributed by atoms with Crippen molar-refractivity contribution in [2.45, 2.75) is 0 Å². The first-order valence-corrected chi connectivity index (χ1v) is 6.66. The maximum absolute atomic E-state index is 12.1. The molecule has 2 aromatic carbocycles. The predicted molar refractivity (Wildman–Crippen MR) is 83.9 cm³/mol. The minimum Gasteiger partial charge on any atom is -0.286 e. The number of ketones is 1. The summed E-state index contributed by atoms with van der Waals surface area (Å²) in [4.78, 5) is 12.1. The Labute approximate surface area is 131 Å². The van der Waals surface area contributed by atoms with Gasteiger partial charge in [-0.15, -0.1) is 0 Å². The van der Waals surface area contributed by atoms with Crippen LogP contribution in [0.4, 0.5) is 5.69 Å². The van der Waals surface area contributed by atoms with E-state index in [0.29, 0.717) is 21.3 Å². The molecule has 2 rings (SSSR count). The van der Waals surface area contributed by atoms with Crippen LogP contribution in [0.15, 0.2) is 53.6 Å². The standard InChI is InChI=1S/C15H9Cl2N3O/c16-11-7-5-10(6-8-11)15(21)14(9-18)20-19-13-4-2-1-3-12(13)17/h1-8,19H/b20-14+. The van der Waals surface area contributed by atoms with Gasteiger partial charge in [-0.2, -0.15) is 10.4 Å². The number of para-hydroxylation sites is 1. The first-order chi connectivity index (χ1) is 10.1. The van der Waals surface area contributed by atoms with Gasteiger partial charge in [0.2, 0.25) is 11.5 Å². The van der Waals surface area contributed by atoms with Crippen LogP contribution >= 0.6 is 23.2 Å². The molecule has 0 unspecified atom stereocenters. The molecule has 0 radical (unpaired) electrons. The summed E-state index contributed by atoms with van der Waals surface area (Å²) in [6, 6.07) is 14.9. The highest BCUT2D eigenvalue weighted by Crippen LogP contribution is 2.20. The first-order valence-electron chi connectivity index (χ1n) is 5.90. The fraction of sp³-hybridized carbons (Fsp3) is 0. The Balaban J connectivity index is 2.21. The lowest BCUT2D eigenvalue weighted by Gasteiger charge is -2.03. The number of nitriles is 1. The van der Waals surface area contributed by atoms with E-state index in [4.69, 9.17) is 28.5 Å². The van der Waals surface area contributed by atoms with Gasteiger partial charge in [0.15, 0.2) is 0 Å². The number of hydrogen-bond donors (Lipinski definition) is 1. The molecule has 0 saturated heterocycles. The highest BCUT2D eigenvalue weighted by molar-refractivity contribution is 6.51. The maximum atomic E-state index is 12.1. The molecule has 0 bridgehead atoms. The molecule has 21 heavy (non-hydrogen) atoms. The van der Waals surface area contributed by atoms with Gasteiger partial charge in [-0.3, -0.25) is 10.2 Å². The van der Waals surface area contributed by atoms with E-state index in [9.17, 15) is 4.79 Å². The molecule has 0 aliphatic carbocycles. The molecule has 2 aromatic rings. The molecule has 0 spiro atoms. The fourth-order valence-corrected chi connectivity index (χ4v) is 1.84. The highest BCUT2D eigenvalue weighted by Gasteiger charge is 2.14. The van der Waals surface area contributed by atoms with E-state index in [1.54, 1.807) is 42.5 Å². The second kappa shape index (κ2) is 6.89. The van der Waals surface area contributed by atoms with Gasteiger partial charge in [0.1, 0.15) is 6.07 Å². The van der Waals surface area contributed by atoms with Crippen LogP contribution in [-0.4, -0.2) is 11.5 Å². The van der Waals surface area contributed by atoms with E-state index in [-0.39, 0.29) is 5.71 Å². The SMILES string of the molecule is N#C/C(=N\Nc1ccccc1Cl)C(=O)c1ccc(Cl)cc1. The Morgan fingerprint density at radius 1 is 1.10 bits per heavy atom. The van der Waals surface area contributed by atoms with Gasteiger partial charge in [-0.05, 0) is 36.4 Å². The van der Waals surface area contributed by atoms with Crippen molar-refractivity contribution in [1.29, 1.82) is 5.26 Å². The van der Waals surface area contributed by atoms with E-state index in [1.165, 1.54) is 12.1 Å². The monoisotopic (exact) mass is 317 g/mol. The largest absolute Gasteiger partial charge is 0.286 e. The minimum absolute atomic E-state index is 0.266. The van der Waals surface area contributed by atoms with Crippen LogP contribution in [-0.2, 0) is 0 Å². The summed E-state index contributed by atoms with van der Waals surface area (Å²) >= 11 is 11.7. The molecular weight excluding hydrogens is 309 g/mol. The van der Waals surface area contributed by atoms with Crippen LogP contribution in [0.5, 0.6) is 0 Å². The van der Waals surface area contributed by atoms with Crippen LogP contribution in [0.25, 0.3) is 0 Å². The molecule has 104 valence electrons. The van der Waals surface area contributed by atoms with Crippen LogP contribution < -0.4 is 5.43 Å². The van der Waals surface area contributed by atoms with Crippen molar-refractivity contribution in [3.05, 3.63) is 64.1 Å². The smallest absolute Gasteiger partial charge is 0.223 e. The molecular formula is C15H9Cl2N3O. The zero-order valence-electron chi connectivity index (χ0n) is 10.7. The predicted octanol–water partition coefficient (Wildman–Crippen LogP) is 4.17. The summed E-state index contributed by atoms with van der Waals surface area (Å²) in [6.07, 6.45) is 0. The Bertz CT molecular complexity index is 733. The van der Waals surface area contributed by atoms with E-state index in [1.807, 2.05) is 0 Å². The number of rotatable bonds is 4. The van der Waals surface area contributed by atoms with Gasteiger partial charge in [0.05, 0.1) is 10.7 Å². The summed E-state index contributed by atoms with van der Waals surface area (Å²) in [5.74, 6) is -0.492. The third-order valence-corrected chi connectivity index (χ3v) is 3.17. The molecule has 0 atom stereocenters. The van der Waals surface area contributed by atoms with Crippen molar-refractivity contribution in [2.75, 3.05) is 5.43 Å². The van der Waals surface area contributed by atoms with E-state index in [0.717, 1.165) is 0 Å². The normalized spacial score (nSPS) is 10.8. The van der Waals surface area contributed by atoms with Crippen LogP contribution in [0, 0.1) is 11.3 Å². The fourth-order valence-electron chi connectivity index (χ4n) is 1.53. The average molecular weight is 318 g/mol. The lowest BCUT2D eigenvalue weighted by Crippen LogP contribution is -2.14. The Morgan fingerprint density at radius 3 is 2.38 bits per heavy atom. The zero-order chi connectivity index (χ0) is 15.2. The van der Waals surface area contributed by atoms with Crippen LogP contribution in [0.2, 0.25) is 10.0 Å². The summed E-state index contributed by atoms with van der Waals surface area (Å²) < 4.78 is 0. The second-order valence-corrected chi connectivity index (χ2v) is 4.84. The number of benzene rings is 2. The number of carbonyl (C=O) groups excluding carboxylic acids is 1. The first kappa shape index (κ1) is 15.0. The number of halogens is 2. The summed E-state index contributed by atoms with van der Waals surface area (Å²) in [7, 11) is 0. The topological polar surface area (TPSA) is 65.2 Å². The zero-order valence-corrected chi connectivity index (χ0v) is 12.2. The van der Waals surface area contributed by atoms with Crippen LogP contribution in [0.1, 0.15) is 10.4 Å². The summed E-state index contributed by atoms with van der Waals surface area (Å²) in [5, 5.41) is 13.8. The second-order valence-electron chi connectivity index (χ2n) is 4.00. The number of hydrogen-bond acceptors (Lipinski definition) is 4. The number of nitrogens with one attached hydrogen (secondary N) is 1. The molecule has 0 fully saturated rings. The number of Topliss-reactive ketones (excluding diaryl/α,β-unsaturated/α-hetero) is 1. The van der Waals surface area contributed by atoms with Gasteiger partial charge in [-0.25, -0.2) is 0 Å². The lowest BCUT2D eigenvalue weighted by molar-refractivity contribution is 0.106.